The zero-order chi connectivity index (χ0) is 43.0. The van der Waals surface area contributed by atoms with Crippen molar-refractivity contribution in [3.63, 3.8) is 0 Å². The molecule has 3 aliphatic rings. The highest BCUT2D eigenvalue weighted by molar-refractivity contribution is 5.69. The lowest BCUT2D eigenvalue weighted by atomic mass is 9.73. The monoisotopic (exact) mass is 809 g/mol. The van der Waals surface area contributed by atoms with Gasteiger partial charge in [0.1, 0.15) is 0 Å². The first-order chi connectivity index (χ1) is 27.1. The second-order valence-corrected chi connectivity index (χ2v) is 16.9. The fourth-order valence-electron chi connectivity index (χ4n) is 8.83. The van der Waals surface area contributed by atoms with Crippen LogP contribution >= 0.6 is 0 Å². The number of carbonyl (C=O) groups is 1. The number of methoxy groups -OCH3 is 1. The Morgan fingerprint density at radius 3 is 1.42 bits per heavy atom. The van der Waals surface area contributed by atoms with E-state index in [1.54, 1.807) is 0 Å². The maximum atomic E-state index is 11.2. The normalized spacial score (nSPS) is 24.8. The van der Waals surface area contributed by atoms with Crippen LogP contribution in [0.4, 0.5) is 0 Å². The molecular weight excluding hydrogens is 742 g/mol. The molecule has 3 saturated carbocycles. The van der Waals surface area contributed by atoms with Gasteiger partial charge in [0.05, 0.1) is 13.5 Å². The predicted octanol–water partition coefficient (Wildman–Crippen LogP) is 6.34. The first-order valence-corrected chi connectivity index (χ1v) is 20.4. The highest BCUT2D eigenvalue weighted by Gasteiger charge is 2.41. The van der Waals surface area contributed by atoms with Crippen molar-refractivity contribution in [2.75, 3.05) is 26.9 Å². The Morgan fingerprint density at radius 2 is 1.07 bits per heavy atom. The largest absolute Gasteiger partial charge is 0.469 e. The fraction of sp³-hybridized carbons (Fsp3) is 0.805. The van der Waals surface area contributed by atoms with Crippen LogP contribution in [0.25, 0.3) is 0 Å². The number of nitro groups is 3. The maximum Gasteiger partial charge on any atom is 0.373 e. The van der Waals surface area contributed by atoms with Crippen LogP contribution in [0.3, 0.4) is 0 Å². The SMILES string of the molecule is CC(C)(C)CC[C@@H](CO)[C@H]1CCCC[C@H]1[N+](=O)[O-].COC(=O)C[C@@H](CO)[C@H]1CCCC[C@H]1[N+](=O)[O-].O=C=O.O=[N+]([O-])[C@@H]1CCCC[C@@H]1[C@H](CO)Cc1ccccc1. The number of hydrogen-bond donors (Lipinski definition) is 3. The van der Waals surface area contributed by atoms with E-state index in [0.29, 0.717) is 25.7 Å². The number of ether oxygens (including phenoxy) is 1. The molecule has 0 bridgehead atoms. The molecule has 3 N–H and O–H groups in total. The van der Waals surface area contributed by atoms with Crippen LogP contribution in [0.5, 0.6) is 0 Å². The molecule has 16 nitrogen and oxygen atoms in total. The van der Waals surface area contributed by atoms with Crippen molar-refractivity contribution >= 4 is 12.1 Å². The topological polar surface area (TPSA) is 251 Å². The Kier molecular flexibility index (Phi) is 24.9. The van der Waals surface area contributed by atoms with Gasteiger partial charge in [-0.2, -0.15) is 9.59 Å². The minimum atomic E-state index is -0.634. The van der Waals surface area contributed by atoms with E-state index in [9.17, 15) is 50.5 Å². The number of nitrogens with zero attached hydrogens (tertiary/aromatic N) is 3. The summed E-state index contributed by atoms with van der Waals surface area (Å²) in [5.74, 6) is -0.828. The van der Waals surface area contributed by atoms with E-state index in [2.05, 4.69) is 25.5 Å². The number of rotatable bonds is 15. The molecule has 0 heterocycles. The molecule has 3 fully saturated rings. The molecular formula is C41H67N3O13. The van der Waals surface area contributed by atoms with E-state index < -0.39 is 24.1 Å². The number of benzene rings is 1. The fourth-order valence-corrected chi connectivity index (χ4v) is 8.83. The molecule has 16 heteroatoms. The molecule has 0 amide bonds. The number of carbonyl (C=O) groups excluding carboxylic acids is 3. The maximum absolute atomic E-state index is 11.2. The zero-order valence-corrected chi connectivity index (χ0v) is 34.3. The highest BCUT2D eigenvalue weighted by Crippen LogP contribution is 2.37. The summed E-state index contributed by atoms with van der Waals surface area (Å²) < 4.78 is 4.55. The van der Waals surface area contributed by atoms with Crippen LogP contribution in [-0.2, 0) is 25.5 Å². The lowest BCUT2D eigenvalue weighted by molar-refractivity contribution is -0.538. The van der Waals surface area contributed by atoms with Crippen LogP contribution in [0.1, 0.15) is 123 Å². The van der Waals surface area contributed by atoms with E-state index in [0.717, 1.165) is 76.2 Å². The molecule has 0 aliphatic heterocycles. The van der Waals surface area contributed by atoms with Crippen LogP contribution in [0.2, 0.25) is 0 Å². The number of esters is 1. The molecule has 9 atom stereocenters. The van der Waals surface area contributed by atoms with Gasteiger partial charge in [0.25, 0.3) is 0 Å². The van der Waals surface area contributed by atoms with Crippen molar-refractivity contribution in [3.05, 3.63) is 66.2 Å². The minimum absolute atomic E-state index is 0.00176. The Morgan fingerprint density at radius 1 is 0.702 bits per heavy atom. The van der Waals surface area contributed by atoms with Crippen LogP contribution < -0.4 is 0 Å². The number of aliphatic hydroxyl groups excluding tert-OH is 3. The van der Waals surface area contributed by atoms with Gasteiger partial charge in [0, 0.05) is 77.5 Å². The standard InChI is InChI=1S/C15H21NO3.C14H27NO3.C11H19NO5.CO2/c17-11-13(10-12-6-2-1-3-7-12)14-8-4-5-9-15(14)16(18)19;1-14(2,3)9-8-11(10-16)12-6-4-5-7-13(12)15(17)18;1-17-11(14)6-8(7-13)9-4-2-3-5-10(9)12(15)16;2-1-3/h1-3,6-7,13-15,17H,4-5,8-11H2;11-13,16H,4-10H2,1-3H3;8-10,13H,2-7H2,1H3;/t13-,14+,15+;11-,12+,13+;8-,9+,10+;/m000./s1. The second kappa shape index (κ2) is 27.7. The van der Waals surface area contributed by atoms with E-state index in [1.165, 1.54) is 7.11 Å². The van der Waals surface area contributed by atoms with Crippen molar-refractivity contribution in [2.45, 2.75) is 142 Å². The first-order valence-electron chi connectivity index (χ1n) is 20.4. The zero-order valence-electron chi connectivity index (χ0n) is 34.3. The van der Waals surface area contributed by atoms with Gasteiger partial charge < -0.3 is 20.1 Å². The number of aliphatic hydroxyl groups is 3. The van der Waals surface area contributed by atoms with Gasteiger partial charge in [0.15, 0.2) is 0 Å². The molecule has 3 aliphatic carbocycles. The molecule has 0 unspecified atom stereocenters. The Balaban J connectivity index is 0.000000413. The van der Waals surface area contributed by atoms with Crippen molar-refractivity contribution in [2.24, 2.45) is 40.9 Å². The molecule has 1 aromatic carbocycles. The summed E-state index contributed by atoms with van der Waals surface area (Å²) in [4.78, 5) is 60.1. The molecule has 324 valence electrons. The lowest BCUT2D eigenvalue weighted by Crippen LogP contribution is -2.39. The molecule has 0 aromatic heterocycles. The Labute approximate surface area is 336 Å². The summed E-state index contributed by atoms with van der Waals surface area (Å²) in [7, 11) is 1.28. The van der Waals surface area contributed by atoms with E-state index in [-0.39, 0.29) is 88.1 Å². The second-order valence-electron chi connectivity index (χ2n) is 16.9. The van der Waals surface area contributed by atoms with Crippen LogP contribution in [-0.4, -0.2) is 87.3 Å². The molecule has 1 aromatic rings. The van der Waals surface area contributed by atoms with Crippen molar-refractivity contribution in [1.82, 2.24) is 0 Å². The van der Waals surface area contributed by atoms with Gasteiger partial charge in [-0.05, 0) is 80.6 Å². The van der Waals surface area contributed by atoms with Crippen LogP contribution in [0, 0.1) is 71.3 Å². The molecule has 4 rings (SSSR count). The highest BCUT2D eigenvalue weighted by atomic mass is 16.6. The summed E-state index contributed by atoms with van der Waals surface area (Å²) in [6.45, 7) is 6.44. The quantitative estimate of drug-likeness (QED) is 0.0995. The van der Waals surface area contributed by atoms with Gasteiger partial charge in [-0.15, -0.1) is 0 Å². The summed E-state index contributed by atoms with van der Waals surface area (Å²) in [5, 5.41) is 61.7. The van der Waals surface area contributed by atoms with Crippen molar-refractivity contribution < 1.29 is 49.2 Å². The first kappa shape index (κ1) is 51.2. The predicted molar refractivity (Wildman–Crippen MR) is 210 cm³/mol. The van der Waals surface area contributed by atoms with Gasteiger partial charge >= 0.3 is 12.1 Å². The third kappa shape index (κ3) is 19.0. The summed E-state index contributed by atoms with van der Waals surface area (Å²) in [5.41, 5.74) is 1.38. The van der Waals surface area contributed by atoms with E-state index in [4.69, 9.17) is 9.59 Å². The smallest absolute Gasteiger partial charge is 0.373 e. The summed E-state index contributed by atoms with van der Waals surface area (Å²) in [6.07, 6.45) is 13.1. The van der Waals surface area contributed by atoms with Gasteiger partial charge in [-0.3, -0.25) is 35.1 Å². The third-order valence-electron chi connectivity index (χ3n) is 11.9. The van der Waals surface area contributed by atoms with Gasteiger partial charge in [-0.1, -0.05) is 70.4 Å². The summed E-state index contributed by atoms with van der Waals surface area (Å²) >= 11 is 0. The van der Waals surface area contributed by atoms with Gasteiger partial charge in [-0.25, -0.2) is 0 Å². The van der Waals surface area contributed by atoms with Crippen LogP contribution in [0.15, 0.2) is 30.3 Å². The minimum Gasteiger partial charge on any atom is -0.469 e. The van der Waals surface area contributed by atoms with Crippen molar-refractivity contribution in [1.29, 1.82) is 0 Å². The summed E-state index contributed by atoms with van der Waals surface area (Å²) in [6, 6.07) is 8.39. The van der Waals surface area contributed by atoms with Crippen molar-refractivity contribution in [3.8, 4) is 0 Å². The van der Waals surface area contributed by atoms with E-state index in [1.807, 2.05) is 30.3 Å². The average molecular weight is 810 g/mol. The number of hydrogen-bond acceptors (Lipinski definition) is 13. The molecule has 0 radical (unpaired) electrons. The Hall–Kier alpha value is -3.85. The van der Waals surface area contributed by atoms with Gasteiger partial charge in [0.2, 0.25) is 18.1 Å². The Bertz CT molecular complexity index is 1350. The lowest BCUT2D eigenvalue weighted by Gasteiger charge is -2.32. The molecule has 0 saturated heterocycles. The molecule has 57 heavy (non-hydrogen) atoms. The third-order valence-corrected chi connectivity index (χ3v) is 11.9. The molecule has 0 spiro atoms. The van der Waals surface area contributed by atoms with E-state index >= 15 is 0 Å². The average Bonchev–Trinajstić information content (AvgIpc) is 3.20.